The summed E-state index contributed by atoms with van der Waals surface area (Å²) in [6.07, 6.45) is 2.39. The predicted octanol–water partition coefficient (Wildman–Crippen LogP) is 3.64. The normalized spacial score (nSPS) is 23.0. The second kappa shape index (κ2) is 4.44. The molecule has 2 heteroatoms. The lowest BCUT2D eigenvalue weighted by Crippen LogP contribution is -2.20. The fourth-order valence-electron chi connectivity index (χ4n) is 1.99. The highest BCUT2D eigenvalue weighted by atomic mass is 35.5. The van der Waals surface area contributed by atoms with Gasteiger partial charge in [0, 0.05) is 11.8 Å². The Hall–Kier alpha value is -0.690. The fraction of sp³-hybridized carbons (Fsp3) is 0.538. The van der Waals surface area contributed by atoms with E-state index in [1.165, 1.54) is 5.56 Å². The second-order valence-corrected chi connectivity index (χ2v) is 5.13. The summed E-state index contributed by atoms with van der Waals surface area (Å²) >= 11 is 6.06. The standard InChI is InChI=1S/C13H17ClO/c1-9(10(2)14)7-12-8-11-5-3-4-6-13(11)15-12/h3-6,9-10,12H,7-8H2,1-2H3. The Morgan fingerprint density at radius 1 is 1.40 bits per heavy atom. The Balaban J connectivity index is 1.96. The SMILES string of the molecule is CC(Cl)C(C)CC1Cc2ccccc2O1. The van der Waals surface area contributed by atoms with Gasteiger partial charge < -0.3 is 4.74 Å². The number of rotatable bonds is 3. The van der Waals surface area contributed by atoms with Crippen molar-refractivity contribution in [2.24, 2.45) is 5.92 Å². The number of para-hydroxylation sites is 1. The number of alkyl halides is 1. The van der Waals surface area contributed by atoms with Gasteiger partial charge in [-0.25, -0.2) is 0 Å². The maximum Gasteiger partial charge on any atom is 0.123 e. The Bertz CT molecular complexity index is 310. The predicted molar refractivity (Wildman–Crippen MR) is 63.7 cm³/mol. The van der Waals surface area contributed by atoms with Crippen molar-refractivity contribution in [1.82, 2.24) is 0 Å². The molecule has 0 bridgehead atoms. The summed E-state index contributed by atoms with van der Waals surface area (Å²) in [5.74, 6) is 1.56. The van der Waals surface area contributed by atoms with Crippen LogP contribution in [0, 0.1) is 5.92 Å². The largest absolute Gasteiger partial charge is 0.490 e. The van der Waals surface area contributed by atoms with Crippen LogP contribution in [-0.2, 0) is 6.42 Å². The molecule has 0 amide bonds. The van der Waals surface area contributed by atoms with Crippen molar-refractivity contribution in [3.05, 3.63) is 29.8 Å². The van der Waals surface area contributed by atoms with Crippen LogP contribution >= 0.6 is 11.6 Å². The molecule has 0 saturated heterocycles. The highest BCUT2D eigenvalue weighted by Gasteiger charge is 2.25. The summed E-state index contributed by atoms with van der Waals surface area (Å²) in [6.45, 7) is 4.23. The molecular formula is C13H17ClO. The zero-order valence-electron chi connectivity index (χ0n) is 9.24. The molecule has 15 heavy (non-hydrogen) atoms. The number of halogens is 1. The second-order valence-electron chi connectivity index (χ2n) is 4.44. The van der Waals surface area contributed by atoms with Gasteiger partial charge in [0.05, 0.1) is 0 Å². The van der Waals surface area contributed by atoms with Gasteiger partial charge in [0.2, 0.25) is 0 Å². The molecule has 1 heterocycles. The zero-order chi connectivity index (χ0) is 10.8. The van der Waals surface area contributed by atoms with E-state index in [9.17, 15) is 0 Å². The van der Waals surface area contributed by atoms with Gasteiger partial charge in [-0.15, -0.1) is 11.6 Å². The van der Waals surface area contributed by atoms with Gasteiger partial charge in [-0.3, -0.25) is 0 Å². The van der Waals surface area contributed by atoms with Crippen LogP contribution in [0.25, 0.3) is 0 Å². The van der Waals surface area contributed by atoms with E-state index in [1.807, 2.05) is 19.1 Å². The third-order valence-corrected chi connectivity index (χ3v) is 3.56. The van der Waals surface area contributed by atoms with Crippen LogP contribution in [0.15, 0.2) is 24.3 Å². The summed E-state index contributed by atoms with van der Waals surface area (Å²) in [5, 5.41) is 0.220. The monoisotopic (exact) mass is 224 g/mol. The van der Waals surface area contributed by atoms with Crippen LogP contribution < -0.4 is 4.74 Å². The third kappa shape index (κ3) is 2.46. The first kappa shape index (κ1) is 10.8. The quantitative estimate of drug-likeness (QED) is 0.713. The molecule has 0 aliphatic carbocycles. The van der Waals surface area contributed by atoms with Crippen LogP contribution in [0.3, 0.4) is 0 Å². The van der Waals surface area contributed by atoms with Crippen LogP contribution in [0.5, 0.6) is 5.75 Å². The average molecular weight is 225 g/mol. The average Bonchev–Trinajstić information content (AvgIpc) is 2.59. The highest BCUT2D eigenvalue weighted by molar-refractivity contribution is 6.20. The van der Waals surface area contributed by atoms with E-state index >= 15 is 0 Å². The van der Waals surface area contributed by atoms with E-state index in [-0.39, 0.29) is 5.38 Å². The molecule has 1 aromatic carbocycles. The molecule has 1 aromatic rings. The smallest absolute Gasteiger partial charge is 0.123 e. The summed E-state index contributed by atoms with van der Waals surface area (Å²) in [4.78, 5) is 0. The molecule has 82 valence electrons. The molecule has 3 atom stereocenters. The van der Waals surface area contributed by atoms with Gasteiger partial charge in [-0.05, 0) is 30.9 Å². The van der Waals surface area contributed by atoms with E-state index < -0.39 is 0 Å². The molecule has 1 aliphatic heterocycles. The van der Waals surface area contributed by atoms with Crippen molar-refractivity contribution >= 4 is 11.6 Å². The first-order valence-corrected chi connectivity index (χ1v) is 5.99. The van der Waals surface area contributed by atoms with Gasteiger partial charge in [0.25, 0.3) is 0 Å². The van der Waals surface area contributed by atoms with Gasteiger partial charge in [-0.2, -0.15) is 0 Å². The minimum Gasteiger partial charge on any atom is -0.490 e. The third-order valence-electron chi connectivity index (χ3n) is 3.13. The number of ether oxygens (including phenoxy) is 1. The van der Waals surface area contributed by atoms with Crippen molar-refractivity contribution in [3.8, 4) is 5.75 Å². The molecule has 0 radical (unpaired) electrons. The number of fused-ring (bicyclic) bond motifs is 1. The van der Waals surface area contributed by atoms with Crippen LogP contribution in [0.1, 0.15) is 25.8 Å². The fourth-order valence-corrected chi connectivity index (χ4v) is 2.09. The van der Waals surface area contributed by atoms with Crippen molar-refractivity contribution in [3.63, 3.8) is 0 Å². The summed E-state index contributed by atoms with van der Waals surface area (Å²) in [6, 6.07) is 8.28. The van der Waals surface area contributed by atoms with Gasteiger partial charge in [0.15, 0.2) is 0 Å². The Morgan fingerprint density at radius 3 is 2.80 bits per heavy atom. The molecule has 3 unspecified atom stereocenters. The first-order chi connectivity index (χ1) is 7.16. The Morgan fingerprint density at radius 2 is 2.13 bits per heavy atom. The van der Waals surface area contributed by atoms with Crippen LogP contribution in [0.2, 0.25) is 0 Å². The first-order valence-electron chi connectivity index (χ1n) is 5.55. The lowest BCUT2D eigenvalue weighted by Gasteiger charge is -2.18. The number of hydrogen-bond donors (Lipinski definition) is 0. The molecule has 1 aliphatic rings. The summed E-state index contributed by atoms with van der Waals surface area (Å²) in [7, 11) is 0. The van der Waals surface area contributed by atoms with Crippen molar-refractivity contribution < 1.29 is 4.74 Å². The molecule has 0 spiro atoms. The molecule has 2 rings (SSSR count). The van der Waals surface area contributed by atoms with E-state index in [1.54, 1.807) is 0 Å². The van der Waals surface area contributed by atoms with Crippen molar-refractivity contribution in [1.29, 1.82) is 0 Å². The summed E-state index contributed by atoms with van der Waals surface area (Å²) in [5.41, 5.74) is 1.33. The molecule has 0 fully saturated rings. The molecule has 0 saturated carbocycles. The minimum absolute atomic E-state index is 0.220. The van der Waals surface area contributed by atoms with E-state index in [0.717, 1.165) is 18.6 Å². The maximum absolute atomic E-state index is 6.06. The lowest BCUT2D eigenvalue weighted by molar-refractivity contribution is 0.197. The van der Waals surface area contributed by atoms with Crippen LogP contribution in [-0.4, -0.2) is 11.5 Å². The lowest BCUT2D eigenvalue weighted by atomic mass is 9.98. The van der Waals surface area contributed by atoms with Gasteiger partial charge >= 0.3 is 0 Å². The highest BCUT2D eigenvalue weighted by Crippen LogP contribution is 2.31. The van der Waals surface area contributed by atoms with Crippen molar-refractivity contribution in [2.45, 2.75) is 38.2 Å². The Kier molecular flexibility index (Phi) is 3.20. The van der Waals surface area contributed by atoms with Crippen molar-refractivity contribution in [2.75, 3.05) is 0 Å². The molecule has 0 N–H and O–H groups in total. The van der Waals surface area contributed by atoms with E-state index in [2.05, 4.69) is 19.1 Å². The van der Waals surface area contributed by atoms with E-state index in [0.29, 0.717) is 12.0 Å². The minimum atomic E-state index is 0.220. The Labute approximate surface area is 96.4 Å². The molecular weight excluding hydrogens is 208 g/mol. The van der Waals surface area contributed by atoms with E-state index in [4.69, 9.17) is 16.3 Å². The number of benzene rings is 1. The number of hydrogen-bond acceptors (Lipinski definition) is 1. The summed E-state index contributed by atoms with van der Waals surface area (Å²) < 4.78 is 5.87. The van der Waals surface area contributed by atoms with Gasteiger partial charge in [0.1, 0.15) is 11.9 Å². The molecule has 0 aromatic heterocycles. The van der Waals surface area contributed by atoms with Gasteiger partial charge in [-0.1, -0.05) is 25.1 Å². The zero-order valence-corrected chi connectivity index (χ0v) is 10.00. The maximum atomic E-state index is 6.06. The molecule has 1 nitrogen and oxygen atoms in total. The topological polar surface area (TPSA) is 9.23 Å². The van der Waals surface area contributed by atoms with Crippen LogP contribution in [0.4, 0.5) is 0 Å².